The molecule has 3 rings (SSSR count). The molecule has 6 heteroatoms. The molecule has 0 aliphatic rings. The Bertz CT molecular complexity index is 1060. The maximum Gasteiger partial charge on any atom is 0.224 e. The fourth-order valence-electron chi connectivity index (χ4n) is 3.90. The van der Waals surface area contributed by atoms with Crippen molar-refractivity contribution in [3.8, 4) is 5.75 Å². The minimum absolute atomic E-state index is 0.0125. The van der Waals surface area contributed by atoms with Gasteiger partial charge in [-0.05, 0) is 54.2 Å². The molecule has 6 nitrogen and oxygen atoms in total. The SMILES string of the molecule is C[C@H](Cc1cccc(CC(=O)NCCc2ccccc2)c1)NC[C@@H](O)c1ccc(O)c(CO)c1. The van der Waals surface area contributed by atoms with E-state index >= 15 is 0 Å². The van der Waals surface area contributed by atoms with E-state index < -0.39 is 6.10 Å². The predicted molar refractivity (Wildman–Crippen MR) is 133 cm³/mol. The summed E-state index contributed by atoms with van der Waals surface area (Å²) in [6.07, 6.45) is 1.16. The van der Waals surface area contributed by atoms with Crippen molar-refractivity contribution in [1.82, 2.24) is 10.6 Å². The molecule has 0 fully saturated rings. The molecule has 0 saturated carbocycles. The van der Waals surface area contributed by atoms with Gasteiger partial charge in [-0.15, -0.1) is 0 Å². The van der Waals surface area contributed by atoms with Crippen molar-refractivity contribution < 1.29 is 20.1 Å². The third kappa shape index (κ3) is 7.99. The minimum atomic E-state index is -0.751. The van der Waals surface area contributed by atoms with Crippen molar-refractivity contribution in [2.75, 3.05) is 13.1 Å². The zero-order chi connectivity index (χ0) is 24.3. The van der Waals surface area contributed by atoms with E-state index in [9.17, 15) is 20.1 Å². The number of nitrogens with one attached hydrogen (secondary N) is 2. The van der Waals surface area contributed by atoms with Crippen molar-refractivity contribution in [3.63, 3.8) is 0 Å². The third-order valence-electron chi connectivity index (χ3n) is 5.79. The van der Waals surface area contributed by atoms with E-state index in [1.165, 1.54) is 11.6 Å². The quantitative estimate of drug-likeness (QED) is 0.285. The molecule has 5 N–H and O–H groups in total. The van der Waals surface area contributed by atoms with Gasteiger partial charge in [-0.3, -0.25) is 4.79 Å². The zero-order valence-electron chi connectivity index (χ0n) is 19.6. The molecule has 180 valence electrons. The van der Waals surface area contributed by atoms with Crippen LogP contribution in [0.15, 0.2) is 72.8 Å². The maximum atomic E-state index is 12.3. The number of amides is 1. The highest BCUT2D eigenvalue weighted by molar-refractivity contribution is 5.78. The summed E-state index contributed by atoms with van der Waals surface area (Å²) >= 11 is 0. The topological polar surface area (TPSA) is 102 Å². The molecule has 0 radical (unpaired) electrons. The summed E-state index contributed by atoms with van der Waals surface area (Å²) < 4.78 is 0. The van der Waals surface area contributed by atoms with Crippen LogP contribution in [0, 0.1) is 0 Å². The van der Waals surface area contributed by atoms with E-state index in [0.29, 0.717) is 30.6 Å². The highest BCUT2D eigenvalue weighted by atomic mass is 16.3. The van der Waals surface area contributed by atoms with E-state index in [1.807, 2.05) is 43.3 Å². The second-order valence-corrected chi connectivity index (χ2v) is 8.66. The Morgan fingerprint density at radius 1 is 0.941 bits per heavy atom. The number of aromatic hydroxyl groups is 1. The molecule has 0 heterocycles. The van der Waals surface area contributed by atoms with Gasteiger partial charge in [-0.25, -0.2) is 0 Å². The van der Waals surface area contributed by atoms with Crippen molar-refractivity contribution in [2.24, 2.45) is 0 Å². The van der Waals surface area contributed by atoms with Crippen LogP contribution in [0.5, 0.6) is 5.75 Å². The average molecular weight is 463 g/mol. The molecule has 0 spiro atoms. The molecule has 0 unspecified atom stereocenters. The van der Waals surface area contributed by atoms with E-state index in [1.54, 1.807) is 12.1 Å². The number of rotatable bonds is 12. The Labute approximate surface area is 201 Å². The summed E-state index contributed by atoms with van der Waals surface area (Å²) in [5.41, 5.74) is 4.34. The summed E-state index contributed by atoms with van der Waals surface area (Å²) in [6.45, 7) is 2.73. The monoisotopic (exact) mass is 462 g/mol. The van der Waals surface area contributed by atoms with Crippen LogP contribution in [-0.2, 0) is 30.7 Å². The Morgan fingerprint density at radius 2 is 1.68 bits per heavy atom. The molecule has 0 aliphatic carbocycles. The first-order valence-corrected chi connectivity index (χ1v) is 11.7. The van der Waals surface area contributed by atoms with Gasteiger partial charge < -0.3 is 26.0 Å². The van der Waals surface area contributed by atoms with E-state index in [2.05, 4.69) is 28.8 Å². The molecule has 0 aromatic heterocycles. The Morgan fingerprint density at radius 3 is 2.44 bits per heavy atom. The first-order chi connectivity index (χ1) is 16.4. The number of hydrogen-bond acceptors (Lipinski definition) is 5. The fraction of sp³-hybridized carbons (Fsp3) is 0.321. The van der Waals surface area contributed by atoms with Crippen LogP contribution in [0.2, 0.25) is 0 Å². The van der Waals surface area contributed by atoms with Gasteiger partial charge in [0.2, 0.25) is 5.91 Å². The van der Waals surface area contributed by atoms with Crippen LogP contribution in [0.1, 0.15) is 40.8 Å². The van der Waals surface area contributed by atoms with Crippen LogP contribution in [0.25, 0.3) is 0 Å². The summed E-state index contributed by atoms with van der Waals surface area (Å²) in [6, 6.07) is 23.0. The largest absolute Gasteiger partial charge is 0.508 e. The zero-order valence-corrected chi connectivity index (χ0v) is 19.6. The van der Waals surface area contributed by atoms with Gasteiger partial charge in [0, 0.05) is 24.7 Å². The lowest BCUT2D eigenvalue weighted by atomic mass is 10.0. The van der Waals surface area contributed by atoms with Crippen molar-refractivity contribution >= 4 is 5.91 Å². The number of carbonyl (C=O) groups is 1. The van der Waals surface area contributed by atoms with Gasteiger partial charge >= 0.3 is 0 Å². The summed E-state index contributed by atoms with van der Waals surface area (Å²) in [5.74, 6) is 0.0306. The van der Waals surface area contributed by atoms with Crippen LogP contribution >= 0.6 is 0 Å². The number of aliphatic hydroxyl groups excluding tert-OH is 2. The van der Waals surface area contributed by atoms with Gasteiger partial charge in [0.05, 0.1) is 19.1 Å². The molecule has 2 atom stereocenters. The Kier molecular flexibility index (Phi) is 9.64. The van der Waals surface area contributed by atoms with E-state index in [-0.39, 0.29) is 24.3 Å². The van der Waals surface area contributed by atoms with E-state index in [4.69, 9.17) is 0 Å². The van der Waals surface area contributed by atoms with Crippen LogP contribution < -0.4 is 10.6 Å². The lowest BCUT2D eigenvalue weighted by Gasteiger charge is -2.18. The minimum Gasteiger partial charge on any atom is -0.508 e. The highest BCUT2D eigenvalue weighted by Crippen LogP contribution is 2.22. The van der Waals surface area contributed by atoms with Crippen molar-refractivity contribution in [1.29, 1.82) is 0 Å². The number of hydrogen-bond donors (Lipinski definition) is 5. The molecule has 3 aromatic rings. The smallest absolute Gasteiger partial charge is 0.224 e. The molecular weight excluding hydrogens is 428 g/mol. The van der Waals surface area contributed by atoms with Crippen LogP contribution in [-0.4, -0.2) is 40.4 Å². The second kappa shape index (κ2) is 12.9. The summed E-state index contributed by atoms with van der Waals surface area (Å²) in [7, 11) is 0. The second-order valence-electron chi connectivity index (χ2n) is 8.66. The predicted octanol–water partition coefficient (Wildman–Crippen LogP) is 3.04. The van der Waals surface area contributed by atoms with Crippen molar-refractivity contribution in [2.45, 2.75) is 44.9 Å². The van der Waals surface area contributed by atoms with E-state index in [0.717, 1.165) is 24.0 Å². The fourth-order valence-corrected chi connectivity index (χ4v) is 3.90. The molecule has 0 bridgehead atoms. The molecule has 0 aliphatic heterocycles. The van der Waals surface area contributed by atoms with Crippen LogP contribution in [0.3, 0.4) is 0 Å². The average Bonchev–Trinajstić information content (AvgIpc) is 2.83. The molecule has 1 amide bonds. The molecule has 34 heavy (non-hydrogen) atoms. The summed E-state index contributed by atoms with van der Waals surface area (Å²) in [5, 5.41) is 35.8. The third-order valence-corrected chi connectivity index (χ3v) is 5.79. The molecule has 3 aromatic carbocycles. The first-order valence-electron chi connectivity index (χ1n) is 11.7. The van der Waals surface area contributed by atoms with Crippen LogP contribution in [0.4, 0.5) is 0 Å². The molecular formula is C28H34N2O4. The standard InChI is InChI=1S/C28H34N2O4/c1-20(30-18-27(33)24-10-11-26(32)25(17-24)19-31)14-22-8-5-9-23(15-22)16-28(34)29-13-12-21-6-3-2-4-7-21/h2-11,15,17,20,27,30-33H,12-14,16,18-19H2,1H3,(H,29,34)/t20-,27-/m1/s1. The van der Waals surface area contributed by atoms with Gasteiger partial charge in [-0.1, -0.05) is 60.7 Å². The highest BCUT2D eigenvalue weighted by Gasteiger charge is 2.13. The lowest BCUT2D eigenvalue weighted by molar-refractivity contribution is -0.120. The van der Waals surface area contributed by atoms with Gasteiger partial charge in [0.1, 0.15) is 5.75 Å². The maximum absolute atomic E-state index is 12.3. The number of phenols is 1. The summed E-state index contributed by atoms with van der Waals surface area (Å²) in [4.78, 5) is 12.3. The number of carbonyl (C=O) groups excluding carboxylic acids is 1. The van der Waals surface area contributed by atoms with Crippen molar-refractivity contribution in [3.05, 3.63) is 101 Å². The molecule has 0 saturated heterocycles. The number of aliphatic hydroxyl groups is 2. The van der Waals surface area contributed by atoms with Gasteiger partial charge in [-0.2, -0.15) is 0 Å². The van der Waals surface area contributed by atoms with Gasteiger partial charge in [0.25, 0.3) is 0 Å². The number of benzene rings is 3. The Balaban J connectivity index is 1.44. The first kappa shape index (κ1) is 25.4. The normalized spacial score (nSPS) is 12.8. The Hall–Kier alpha value is -3.19. The lowest BCUT2D eigenvalue weighted by Crippen LogP contribution is -2.32. The van der Waals surface area contributed by atoms with Gasteiger partial charge in [0.15, 0.2) is 0 Å².